The Morgan fingerprint density at radius 3 is 2.22 bits per heavy atom. The van der Waals surface area contributed by atoms with E-state index in [1.54, 1.807) is 30.9 Å². The molecule has 1 heterocycles. The second kappa shape index (κ2) is 7.80. The topological polar surface area (TPSA) is 87.5 Å². The molecule has 0 spiro atoms. The first kappa shape index (κ1) is 18.9. The molecule has 27 heavy (non-hydrogen) atoms. The van der Waals surface area contributed by atoms with Gasteiger partial charge in [-0.1, -0.05) is 48.5 Å². The second-order valence-electron chi connectivity index (χ2n) is 7.46. The highest BCUT2D eigenvalue weighted by molar-refractivity contribution is 5.95. The van der Waals surface area contributed by atoms with Crippen LogP contribution < -0.4 is 16.4 Å². The molecule has 142 valence electrons. The van der Waals surface area contributed by atoms with Crippen LogP contribution in [-0.4, -0.2) is 41.5 Å². The average molecular weight is 366 g/mol. The highest BCUT2D eigenvalue weighted by atomic mass is 16.2. The number of benzene rings is 2. The maximum atomic E-state index is 13.0. The lowest BCUT2D eigenvalue weighted by Crippen LogP contribution is -2.56. The monoisotopic (exact) mass is 366 g/mol. The molecule has 1 aliphatic heterocycles. The molecule has 1 saturated heterocycles. The summed E-state index contributed by atoms with van der Waals surface area (Å²) in [6.45, 7) is 4.45. The standard InChI is InChI=1S/C21H26N4O2/c1-21(2,24-20(27)23-16-11-7-4-8-12-16)19(26)25-13-17(18(22)14-25)15-9-5-3-6-10-15/h3-12,17-18H,13-14,22H2,1-2H3,(H2,23,24,27)/t17-,18+/m0/s1. The average Bonchev–Trinajstić information content (AvgIpc) is 3.03. The maximum absolute atomic E-state index is 13.0. The van der Waals surface area contributed by atoms with Crippen LogP contribution in [-0.2, 0) is 4.79 Å². The summed E-state index contributed by atoms with van der Waals surface area (Å²) in [5.74, 6) is -0.0383. The molecule has 6 nitrogen and oxygen atoms in total. The van der Waals surface area contributed by atoms with Gasteiger partial charge in [-0.25, -0.2) is 4.79 Å². The Hall–Kier alpha value is -2.86. The van der Waals surface area contributed by atoms with Crippen molar-refractivity contribution in [1.29, 1.82) is 0 Å². The van der Waals surface area contributed by atoms with Gasteiger partial charge in [0.15, 0.2) is 0 Å². The molecule has 6 heteroatoms. The van der Waals surface area contributed by atoms with Gasteiger partial charge in [-0.05, 0) is 31.5 Å². The van der Waals surface area contributed by atoms with Crippen molar-refractivity contribution in [2.45, 2.75) is 31.3 Å². The van der Waals surface area contributed by atoms with E-state index in [9.17, 15) is 9.59 Å². The number of likely N-dealkylation sites (tertiary alicyclic amines) is 1. The number of rotatable bonds is 4. The largest absolute Gasteiger partial charge is 0.338 e. The predicted molar refractivity (Wildman–Crippen MR) is 106 cm³/mol. The fraction of sp³-hybridized carbons (Fsp3) is 0.333. The molecule has 0 radical (unpaired) electrons. The van der Waals surface area contributed by atoms with Gasteiger partial charge < -0.3 is 21.3 Å². The molecule has 2 atom stereocenters. The van der Waals surface area contributed by atoms with Gasteiger partial charge in [-0.2, -0.15) is 0 Å². The molecule has 3 rings (SSSR count). The molecule has 0 unspecified atom stereocenters. The quantitative estimate of drug-likeness (QED) is 0.777. The number of nitrogens with two attached hydrogens (primary N) is 1. The highest BCUT2D eigenvalue weighted by Crippen LogP contribution is 2.28. The Morgan fingerprint density at radius 1 is 1.00 bits per heavy atom. The number of nitrogens with one attached hydrogen (secondary N) is 2. The molecule has 0 bridgehead atoms. The second-order valence-corrected chi connectivity index (χ2v) is 7.46. The fourth-order valence-electron chi connectivity index (χ4n) is 3.46. The van der Waals surface area contributed by atoms with Crippen LogP contribution in [0, 0.1) is 0 Å². The maximum Gasteiger partial charge on any atom is 0.320 e. The molecule has 1 aliphatic rings. The van der Waals surface area contributed by atoms with Crippen LogP contribution in [0.1, 0.15) is 25.3 Å². The summed E-state index contributed by atoms with van der Waals surface area (Å²) in [6.07, 6.45) is 0. The van der Waals surface area contributed by atoms with E-state index in [1.807, 2.05) is 48.5 Å². The summed E-state index contributed by atoms with van der Waals surface area (Å²) in [5, 5.41) is 5.51. The Balaban J connectivity index is 1.63. The first-order valence-corrected chi connectivity index (χ1v) is 9.11. The lowest BCUT2D eigenvalue weighted by molar-refractivity contribution is -0.135. The SMILES string of the molecule is CC(C)(NC(=O)Nc1ccccc1)C(=O)N1C[C@@H](N)[C@H](c2ccccc2)C1. The number of anilines is 1. The number of amides is 3. The minimum Gasteiger partial charge on any atom is -0.338 e. The molecular formula is C21H26N4O2. The Bertz CT molecular complexity index is 792. The van der Waals surface area contributed by atoms with E-state index in [4.69, 9.17) is 5.73 Å². The molecule has 2 aromatic rings. The molecule has 1 fully saturated rings. The number of hydrogen-bond donors (Lipinski definition) is 3. The van der Waals surface area contributed by atoms with Crippen molar-refractivity contribution in [2.24, 2.45) is 5.73 Å². The Morgan fingerprint density at radius 2 is 1.59 bits per heavy atom. The van der Waals surface area contributed by atoms with Crippen LogP contribution in [0.3, 0.4) is 0 Å². The molecule has 0 aliphatic carbocycles. The van der Waals surface area contributed by atoms with Crippen LogP contribution in [0.2, 0.25) is 0 Å². The van der Waals surface area contributed by atoms with Crippen molar-refractivity contribution < 1.29 is 9.59 Å². The summed E-state index contributed by atoms with van der Waals surface area (Å²) in [6, 6.07) is 18.6. The van der Waals surface area contributed by atoms with Crippen molar-refractivity contribution in [3.63, 3.8) is 0 Å². The normalized spacial score (nSPS) is 19.6. The van der Waals surface area contributed by atoms with Crippen molar-refractivity contribution >= 4 is 17.6 Å². The van der Waals surface area contributed by atoms with Crippen LogP contribution in [0.15, 0.2) is 60.7 Å². The number of carbonyl (C=O) groups is 2. The summed E-state index contributed by atoms with van der Waals surface area (Å²) in [7, 11) is 0. The smallest absolute Gasteiger partial charge is 0.320 e. The van der Waals surface area contributed by atoms with Crippen molar-refractivity contribution in [3.05, 3.63) is 66.2 Å². The Labute approximate surface area is 159 Å². The lowest BCUT2D eigenvalue weighted by Gasteiger charge is -2.30. The first-order chi connectivity index (χ1) is 12.9. The van der Waals surface area contributed by atoms with Crippen LogP contribution >= 0.6 is 0 Å². The third-order valence-corrected chi connectivity index (χ3v) is 4.87. The van der Waals surface area contributed by atoms with Gasteiger partial charge >= 0.3 is 6.03 Å². The molecule has 4 N–H and O–H groups in total. The van der Waals surface area contributed by atoms with E-state index in [2.05, 4.69) is 10.6 Å². The molecule has 3 amide bonds. The zero-order valence-corrected chi connectivity index (χ0v) is 15.7. The van der Waals surface area contributed by atoms with Gasteiger partial charge in [0.05, 0.1) is 0 Å². The molecule has 0 saturated carbocycles. The fourth-order valence-corrected chi connectivity index (χ4v) is 3.46. The lowest BCUT2D eigenvalue weighted by atomic mass is 9.95. The number of para-hydroxylation sites is 1. The molecular weight excluding hydrogens is 340 g/mol. The van der Waals surface area contributed by atoms with Crippen molar-refractivity contribution in [2.75, 3.05) is 18.4 Å². The summed E-state index contributed by atoms with van der Waals surface area (Å²) >= 11 is 0. The van der Waals surface area contributed by atoms with Gasteiger partial charge in [0.2, 0.25) is 5.91 Å². The van der Waals surface area contributed by atoms with Gasteiger partial charge in [0.25, 0.3) is 0 Å². The van der Waals surface area contributed by atoms with E-state index >= 15 is 0 Å². The van der Waals surface area contributed by atoms with Gasteiger partial charge in [-0.15, -0.1) is 0 Å². The van der Waals surface area contributed by atoms with E-state index in [0.29, 0.717) is 18.8 Å². The minimum atomic E-state index is -1.04. The zero-order valence-electron chi connectivity index (χ0n) is 15.7. The number of carbonyl (C=O) groups excluding carboxylic acids is 2. The third-order valence-electron chi connectivity index (χ3n) is 4.87. The van der Waals surface area contributed by atoms with Crippen LogP contribution in [0.5, 0.6) is 0 Å². The highest BCUT2D eigenvalue weighted by Gasteiger charge is 2.40. The minimum absolute atomic E-state index is 0.101. The zero-order chi connectivity index (χ0) is 19.4. The van der Waals surface area contributed by atoms with Gasteiger partial charge in [-0.3, -0.25) is 4.79 Å². The van der Waals surface area contributed by atoms with Crippen LogP contribution in [0.25, 0.3) is 0 Å². The summed E-state index contributed by atoms with van der Waals surface area (Å²) < 4.78 is 0. The number of nitrogens with zero attached hydrogens (tertiary/aromatic N) is 1. The molecule has 0 aromatic heterocycles. The number of urea groups is 1. The van der Waals surface area contributed by atoms with Crippen molar-refractivity contribution in [1.82, 2.24) is 10.2 Å². The first-order valence-electron chi connectivity index (χ1n) is 9.11. The summed E-state index contributed by atoms with van der Waals surface area (Å²) in [5.41, 5.74) is 7.06. The predicted octanol–water partition coefficient (Wildman–Crippen LogP) is 2.54. The van der Waals surface area contributed by atoms with E-state index in [1.165, 1.54) is 0 Å². The Kier molecular flexibility index (Phi) is 5.46. The van der Waals surface area contributed by atoms with Gasteiger partial charge in [0.1, 0.15) is 5.54 Å². The van der Waals surface area contributed by atoms with E-state index in [-0.39, 0.29) is 17.9 Å². The van der Waals surface area contributed by atoms with E-state index in [0.717, 1.165) is 5.56 Å². The van der Waals surface area contributed by atoms with Crippen LogP contribution in [0.4, 0.5) is 10.5 Å². The number of hydrogen-bond acceptors (Lipinski definition) is 3. The molecule has 2 aromatic carbocycles. The third kappa shape index (κ3) is 4.46. The summed E-state index contributed by atoms with van der Waals surface area (Å²) in [4.78, 5) is 27.0. The van der Waals surface area contributed by atoms with Gasteiger partial charge in [0, 0.05) is 30.7 Å². The van der Waals surface area contributed by atoms with Crippen molar-refractivity contribution in [3.8, 4) is 0 Å². The van der Waals surface area contributed by atoms with E-state index < -0.39 is 11.6 Å².